The maximum atomic E-state index is 11.0. The Kier molecular flexibility index (Phi) is 4.15. The maximum Gasteiger partial charge on any atom is 0.355 e. The van der Waals surface area contributed by atoms with Crippen LogP contribution in [-0.2, 0) is 0 Å². The first-order valence-corrected chi connectivity index (χ1v) is 6.80. The summed E-state index contributed by atoms with van der Waals surface area (Å²) >= 11 is 7.42. The number of methoxy groups -OCH3 is 2. The van der Waals surface area contributed by atoms with Gasteiger partial charge in [0.15, 0.2) is 17.2 Å². The number of hydrogen-bond donors (Lipinski definition) is 1. The second-order valence-corrected chi connectivity index (χ2v) is 5.53. The molecule has 2 rings (SSSR count). The third-order valence-corrected chi connectivity index (χ3v) is 3.98. The summed E-state index contributed by atoms with van der Waals surface area (Å²) in [6.07, 6.45) is 0. The van der Waals surface area contributed by atoms with Crippen molar-refractivity contribution in [1.82, 2.24) is 4.98 Å². The molecule has 0 aliphatic rings. The standard InChI is InChI=1S/C13H12ClNO4S/c1-6-10(13(16)17)15-12(20-6)7-4-8(14)11(19-3)9(5-7)18-2/h4-5H,1-3H3,(H,16,17). The van der Waals surface area contributed by atoms with Crippen molar-refractivity contribution in [2.45, 2.75) is 6.92 Å². The van der Waals surface area contributed by atoms with Crippen LogP contribution in [0.1, 0.15) is 15.4 Å². The molecule has 1 N–H and O–H groups in total. The fraction of sp³-hybridized carbons (Fsp3) is 0.231. The normalized spacial score (nSPS) is 10.4. The molecule has 0 bridgehead atoms. The van der Waals surface area contributed by atoms with E-state index in [0.29, 0.717) is 32.0 Å². The zero-order valence-corrected chi connectivity index (χ0v) is 12.6. The van der Waals surface area contributed by atoms with Crippen molar-refractivity contribution in [2.24, 2.45) is 0 Å². The van der Waals surface area contributed by atoms with Crippen molar-refractivity contribution in [3.8, 4) is 22.1 Å². The lowest BCUT2D eigenvalue weighted by Crippen LogP contribution is -1.98. The van der Waals surface area contributed by atoms with E-state index in [0.717, 1.165) is 0 Å². The van der Waals surface area contributed by atoms with E-state index in [1.807, 2.05) is 0 Å². The smallest absolute Gasteiger partial charge is 0.355 e. The van der Waals surface area contributed by atoms with Gasteiger partial charge in [0.1, 0.15) is 5.01 Å². The lowest BCUT2D eigenvalue weighted by atomic mass is 10.2. The number of carbonyl (C=O) groups is 1. The number of carboxylic acids is 1. The summed E-state index contributed by atoms with van der Waals surface area (Å²) in [5.74, 6) is -0.138. The first-order valence-electron chi connectivity index (χ1n) is 5.60. The molecule has 1 aromatic heterocycles. The van der Waals surface area contributed by atoms with Gasteiger partial charge in [0, 0.05) is 10.4 Å². The number of benzene rings is 1. The number of aryl methyl sites for hydroxylation is 1. The van der Waals surface area contributed by atoms with E-state index in [2.05, 4.69) is 4.98 Å². The molecule has 1 heterocycles. The van der Waals surface area contributed by atoms with E-state index in [1.54, 1.807) is 19.1 Å². The van der Waals surface area contributed by atoms with Crippen LogP contribution in [0.3, 0.4) is 0 Å². The molecule has 0 saturated heterocycles. The van der Waals surface area contributed by atoms with Crippen LogP contribution in [0.5, 0.6) is 11.5 Å². The van der Waals surface area contributed by atoms with Gasteiger partial charge < -0.3 is 14.6 Å². The fourth-order valence-corrected chi connectivity index (χ4v) is 2.94. The molecule has 0 atom stereocenters. The molecule has 0 spiro atoms. The Balaban J connectivity index is 2.56. The third-order valence-electron chi connectivity index (χ3n) is 2.68. The van der Waals surface area contributed by atoms with E-state index in [1.165, 1.54) is 25.6 Å². The first kappa shape index (κ1) is 14.6. The summed E-state index contributed by atoms with van der Waals surface area (Å²) in [7, 11) is 3.01. The molecule has 0 radical (unpaired) electrons. The number of aromatic nitrogens is 1. The number of halogens is 1. The van der Waals surface area contributed by atoms with Gasteiger partial charge in [-0.1, -0.05) is 11.6 Å². The zero-order valence-electron chi connectivity index (χ0n) is 11.1. The Morgan fingerprint density at radius 1 is 1.35 bits per heavy atom. The van der Waals surface area contributed by atoms with Crippen LogP contribution in [0.15, 0.2) is 12.1 Å². The minimum atomic E-state index is -1.04. The number of carboxylic acid groups (broad SMARTS) is 1. The second-order valence-electron chi connectivity index (χ2n) is 3.92. The van der Waals surface area contributed by atoms with Gasteiger partial charge >= 0.3 is 5.97 Å². The van der Waals surface area contributed by atoms with Gasteiger partial charge in [-0.2, -0.15) is 0 Å². The molecule has 7 heteroatoms. The van der Waals surface area contributed by atoms with E-state index in [-0.39, 0.29) is 5.69 Å². The van der Waals surface area contributed by atoms with Crippen LogP contribution in [0.4, 0.5) is 0 Å². The van der Waals surface area contributed by atoms with Crippen LogP contribution >= 0.6 is 22.9 Å². The van der Waals surface area contributed by atoms with Crippen molar-refractivity contribution in [3.63, 3.8) is 0 Å². The van der Waals surface area contributed by atoms with Crippen LogP contribution < -0.4 is 9.47 Å². The molecule has 1 aromatic carbocycles. The highest BCUT2D eigenvalue weighted by molar-refractivity contribution is 7.15. The fourth-order valence-electron chi connectivity index (χ4n) is 1.76. The molecule has 0 aliphatic heterocycles. The van der Waals surface area contributed by atoms with Gasteiger partial charge in [-0.15, -0.1) is 11.3 Å². The van der Waals surface area contributed by atoms with Crippen molar-refractivity contribution >= 4 is 28.9 Å². The first-order chi connectivity index (χ1) is 9.47. The van der Waals surface area contributed by atoms with Crippen molar-refractivity contribution in [1.29, 1.82) is 0 Å². The van der Waals surface area contributed by atoms with E-state index < -0.39 is 5.97 Å². The highest BCUT2D eigenvalue weighted by Gasteiger charge is 2.18. The van der Waals surface area contributed by atoms with Crippen LogP contribution in [-0.4, -0.2) is 30.3 Å². The Morgan fingerprint density at radius 2 is 2.05 bits per heavy atom. The lowest BCUT2D eigenvalue weighted by molar-refractivity contribution is 0.0690. The van der Waals surface area contributed by atoms with Gasteiger partial charge in [0.05, 0.1) is 19.2 Å². The Labute approximate surface area is 124 Å². The molecule has 0 aliphatic carbocycles. The summed E-state index contributed by atoms with van der Waals surface area (Å²) < 4.78 is 10.4. The molecule has 0 amide bonds. The summed E-state index contributed by atoms with van der Waals surface area (Å²) in [6, 6.07) is 3.39. The maximum absolute atomic E-state index is 11.0. The van der Waals surface area contributed by atoms with Gasteiger partial charge in [0.25, 0.3) is 0 Å². The summed E-state index contributed by atoms with van der Waals surface area (Å²) in [4.78, 5) is 15.8. The van der Waals surface area contributed by atoms with Crippen LogP contribution in [0.2, 0.25) is 5.02 Å². The van der Waals surface area contributed by atoms with Crippen molar-refractivity contribution in [2.75, 3.05) is 14.2 Å². The molecule has 2 aromatic rings. The lowest BCUT2D eigenvalue weighted by Gasteiger charge is -2.10. The number of thiazole rings is 1. The minimum Gasteiger partial charge on any atom is -0.493 e. The highest BCUT2D eigenvalue weighted by atomic mass is 35.5. The van der Waals surface area contributed by atoms with Gasteiger partial charge in [-0.05, 0) is 19.1 Å². The highest BCUT2D eigenvalue weighted by Crippen LogP contribution is 2.40. The summed E-state index contributed by atoms with van der Waals surface area (Å²) in [5, 5.41) is 9.99. The predicted octanol–water partition coefficient (Wildman–Crippen LogP) is 3.49. The molecule has 20 heavy (non-hydrogen) atoms. The average molecular weight is 314 g/mol. The topological polar surface area (TPSA) is 68.7 Å². The van der Waals surface area contributed by atoms with Gasteiger partial charge in [-0.3, -0.25) is 0 Å². The molecule has 0 saturated carbocycles. The molecular formula is C13H12ClNO4S. The quantitative estimate of drug-likeness (QED) is 0.935. The van der Waals surface area contributed by atoms with Gasteiger partial charge in [-0.25, -0.2) is 9.78 Å². The Hall–Kier alpha value is -1.79. The number of ether oxygens (including phenoxy) is 2. The number of aromatic carboxylic acids is 1. The van der Waals surface area contributed by atoms with Crippen molar-refractivity contribution < 1.29 is 19.4 Å². The number of hydrogen-bond acceptors (Lipinski definition) is 5. The zero-order chi connectivity index (χ0) is 14.9. The number of nitrogens with zero attached hydrogens (tertiary/aromatic N) is 1. The third kappa shape index (κ3) is 2.57. The summed E-state index contributed by atoms with van der Waals surface area (Å²) in [6.45, 7) is 1.72. The molecule has 106 valence electrons. The largest absolute Gasteiger partial charge is 0.493 e. The van der Waals surface area contributed by atoms with Crippen LogP contribution in [0, 0.1) is 6.92 Å². The average Bonchev–Trinajstić information content (AvgIpc) is 2.80. The SMILES string of the molecule is COc1cc(-c2nc(C(=O)O)c(C)s2)cc(Cl)c1OC. The molecule has 0 unspecified atom stereocenters. The second kappa shape index (κ2) is 5.68. The monoisotopic (exact) mass is 313 g/mol. The Morgan fingerprint density at radius 3 is 2.55 bits per heavy atom. The van der Waals surface area contributed by atoms with Crippen LogP contribution in [0.25, 0.3) is 10.6 Å². The molecule has 5 nitrogen and oxygen atoms in total. The van der Waals surface area contributed by atoms with E-state index in [9.17, 15) is 4.79 Å². The summed E-state index contributed by atoms with van der Waals surface area (Å²) in [5.41, 5.74) is 0.740. The Bertz CT molecular complexity index is 669. The minimum absolute atomic E-state index is 0.0518. The predicted molar refractivity (Wildman–Crippen MR) is 77.4 cm³/mol. The van der Waals surface area contributed by atoms with Gasteiger partial charge in [0.2, 0.25) is 0 Å². The molecular weight excluding hydrogens is 302 g/mol. The van der Waals surface area contributed by atoms with E-state index >= 15 is 0 Å². The van der Waals surface area contributed by atoms with E-state index in [4.69, 9.17) is 26.2 Å². The van der Waals surface area contributed by atoms with Crippen molar-refractivity contribution in [3.05, 3.63) is 27.7 Å². The molecule has 0 fully saturated rings. The number of rotatable bonds is 4.